The maximum atomic E-state index is 10.3. The number of aromatic nitrogens is 1. The molecule has 0 spiro atoms. The number of likely N-dealkylation sites (tertiary alicyclic amines) is 1. The van der Waals surface area contributed by atoms with Crippen molar-refractivity contribution in [2.45, 2.75) is 65.5 Å². The molecule has 20 heavy (non-hydrogen) atoms. The van der Waals surface area contributed by atoms with Crippen LogP contribution in [0.3, 0.4) is 0 Å². The summed E-state index contributed by atoms with van der Waals surface area (Å²) in [7, 11) is 0. The lowest BCUT2D eigenvalue weighted by atomic mass is 10.0. The predicted octanol–water partition coefficient (Wildman–Crippen LogP) is 3.73. The molecule has 114 valence electrons. The Morgan fingerprint density at radius 3 is 2.65 bits per heavy atom. The number of aliphatic hydroxyl groups is 1. The van der Waals surface area contributed by atoms with Crippen LogP contribution in [0, 0.1) is 5.92 Å². The maximum absolute atomic E-state index is 10.3. The highest BCUT2D eigenvalue weighted by atomic mass is 32.1. The molecule has 1 aromatic heterocycles. The Kier molecular flexibility index (Phi) is 4.88. The molecule has 1 aliphatic heterocycles. The van der Waals surface area contributed by atoms with E-state index in [-0.39, 0.29) is 0 Å². The highest BCUT2D eigenvalue weighted by Crippen LogP contribution is 2.34. The fourth-order valence-electron chi connectivity index (χ4n) is 2.90. The molecule has 3 nitrogen and oxygen atoms in total. The summed E-state index contributed by atoms with van der Waals surface area (Å²) in [5.41, 5.74) is 0.285. The molecule has 0 bridgehead atoms. The van der Waals surface area contributed by atoms with Crippen molar-refractivity contribution in [2.75, 3.05) is 13.1 Å². The first-order chi connectivity index (χ1) is 9.27. The maximum Gasteiger partial charge on any atom is 0.107 e. The molecule has 1 unspecified atom stereocenters. The van der Waals surface area contributed by atoms with Crippen molar-refractivity contribution in [3.63, 3.8) is 0 Å². The molecule has 4 heteroatoms. The van der Waals surface area contributed by atoms with E-state index >= 15 is 0 Å². The standard InChI is InChI=1S/C16H28N2OS/c1-11(2)14-15(16(4,5)19)20-13(17-14)10-18-8-6-7-12(3)9-18/h11-12,19H,6-10H2,1-5H3. The number of hydrogen-bond acceptors (Lipinski definition) is 4. The van der Waals surface area contributed by atoms with Gasteiger partial charge < -0.3 is 5.11 Å². The van der Waals surface area contributed by atoms with E-state index in [9.17, 15) is 5.11 Å². The molecule has 1 atom stereocenters. The van der Waals surface area contributed by atoms with Crippen molar-refractivity contribution in [3.8, 4) is 0 Å². The van der Waals surface area contributed by atoms with E-state index in [1.54, 1.807) is 11.3 Å². The third-order valence-corrected chi connectivity index (χ3v) is 5.27. The zero-order valence-corrected chi connectivity index (χ0v) is 14.3. The number of piperidine rings is 1. The molecule has 1 fully saturated rings. The zero-order valence-electron chi connectivity index (χ0n) is 13.4. The van der Waals surface area contributed by atoms with E-state index in [1.165, 1.54) is 25.9 Å². The van der Waals surface area contributed by atoms with Crippen LogP contribution >= 0.6 is 11.3 Å². The van der Waals surface area contributed by atoms with Gasteiger partial charge in [-0.25, -0.2) is 4.98 Å². The van der Waals surface area contributed by atoms with Crippen LogP contribution in [-0.2, 0) is 12.1 Å². The molecule has 1 aromatic rings. The van der Waals surface area contributed by atoms with E-state index in [0.29, 0.717) is 5.92 Å². The summed E-state index contributed by atoms with van der Waals surface area (Å²) in [5.74, 6) is 1.16. The third-order valence-electron chi connectivity index (χ3n) is 3.90. The Morgan fingerprint density at radius 1 is 1.45 bits per heavy atom. The highest BCUT2D eigenvalue weighted by Gasteiger charge is 2.27. The molecule has 0 saturated carbocycles. The van der Waals surface area contributed by atoms with Crippen molar-refractivity contribution in [2.24, 2.45) is 5.92 Å². The van der Waals surface area contributed by atoms with Gasteiger partial charge in [-0.15, -0.1) is 11.3 Å². The van der Waals surface area contributed by atoms with Crippen LogP contribution in [0.15, 0.2) is 0 Å². The van der Waals surface area contributed by atoms with Gasteiger partial charge in [0, 0.05) is 6.54 Å². The van der Waals surface area contributed by atoms with Crippen LogP contribution in [-0.4, -0.2) is 28.1 Å². The van der Waals surface area contributed by atoms with Gasteiger partial charge in [0.1, 0.15) is 5.01 Å². The van der Waals surface area contributed by atoms with E-state index in [1.807, 2.05) is 13.8 Å². The Balaban J connectivity index is 2.16. The number of rotatable bonds is 4. The third kappa shape index (κ3) is 3.80. The molecule has 2 rings (SSSR count). The molecule has 0 aliphatic carbocycles. The van der Waals surface area contributed by atoms with Gasteiger partial charge >= 0.3 is 0 Å². The van der Waals surface area contributed by atoms with Crippen LogP contribution in [0.2, 0.25) is 0 Å². The molecular weight excluding hydrogens is 268 g/mol. The summed E-state index contributed by atoms with van der Waals surface area (Å²) in [4.78, 5) is 8.35. The minimum Gasteiger partial charge on any atom is -0.385 e. The first kappa shape index (κ1) is 15.9. The minimum atomic E-state index is -0.787. The van der Waals surface area contributed by atoms with E-state index in [4.69, 9.17) is 4.98 Å². The van der Waals surface area contributed by atoms with Crippen molar-refractivity contribution >= 4 is 11.3 Å². The summed E-state index contributed by atoms with van der Waals surface area (Å²) in [6.07, 6.45) is 2.64. The first-order valence-electron chi connectivity index (χ1n) is 7.72. The first-order valence-corrected chi connectivity index (χ1v) is 8.54. The highest BCUT2D eigenvalue weighted by molar-refractivity contribution is 7.11. The van der Waals surface area contributed by atoms with Gasteiger partial charge in [0.2, 0.25) is 0 Å². The summed E-state index contributed by atoms with van der Waals surface area (Å²) in [6, 6.07) is 0. The Hall–Kier alpha value is -0.450. The van der Waals surface area contributed by atoms with Crippen molar-refractivity contribution in [1.29, 1.82) is 0 Å². The van der Waals surface area contributed by atoms with E-state index in [0.717, 1.165) is 28.0 Å². The summed E-state index contributed by atoms with van der Waals surface area (Å²) in [6.45, 7) is 13.6. The molecule has 0 radical (unpaired) electrons. The smallest absolute Gasteiger partial charge is 0.107 e. The average molecular weight is 296 g/mol. The van der Waals surface area contributed by atoms with Crippen LogP contribution in [0.4, 0.5) is 0 Å². The number of thiazole rings is 1. The van der Waals surface area contributed by atoms with Gasteiger partial charge in [0.25, 0.3) is 0 Å². The van der Waals surface area contributed by atoms with Gasteiger partial charge in [0.05, 0.1) is 22.7 Å². The lowest BCUT2D eigenvalue weighted by molar-refractivity contribution is 0.0811. The average Bonchev–Trinajstić information content (AvgIpc) is 2.73. The van der Waals surface area contributed by atoms with Gasteiger partial charge in [-0.1, -0.05) is 20.8 Å². The number of hydrogen-bond donors (Lipinski definition) is 1. The molecule has 1 saturated heterocycles. The fraction of sp³-hybridized carbons (Fsp3) is 0.812. The number of nitrogens with zero attached hydrogens (tertiary/aromatic N) is 2. The van der Waals surface area contributed by atoms with Gasteiger partial charge in [-0.3, -0.25) is 4.90 Å². The molecule has 1 N–H and O–H groups in total. The normalized spacial score (nSPS) is 21.6. The minimum absolute atomic E-state index is 0.363. The summed E-state index contributed by atoms with van der Waals surface area (Å²) >= 11 is 1.69. The second-order valence-electron chi connectivity index (χ2n) is 7.02. The lowest BCUT2D eigenvalue weighted by Gasteiger charge is -2.29. The van der Waals surface area contributed by atoms with Gasteiger partial charge in [-0.2, -0.15) is 0 Å². The summed E-state index contributed by atoms with van der Waals surface area (Å²) < 4.78 is 0. The van der Waals surface area contributed by atoms with Crippen LogP contribution < -0.4 is 0 Å². The Labute approximate surface area is 127 Å². The fourth-order valence-corrected chi connectivity index (χ4v) is 4.16. The quantitative estimate of drug-likeness (QED) is 0.920. The Morgan fingerprint density at radius 2 is 2.15 bits per heavy atom. The Bertz CT molecular complexity index is 448. The largest absolute Gasteiger partial charge is 0.385 e. The molecule has 1 aliphatic rings. The topological polar surface area (TPSA) is 36.4 Å². The molecule has 0 amide bonds. The van der Waals surface area contributed by atoms with Gasteiger partial charge in [-0.05, 0) is 45.1 Å². The van der Waals surface area contributed by atoms with E-state index < -0.39 is 5.60 Å². The summed E-state index contributed by atoms with van der Waals surface area (Å²) in [5, 5.41) is 11.5. The van der Waals surface area contributed by atoms with Crippen molar-refractivity contribution in [3.05, 3.63) is 15.6 Å². The second-order valence-corrected chi connectivity index (χ2v) is 8.10. The second kappa shape index (κ2) is 6.12. The predicted molar refractivity (Wildman–Crippen MR) is 85.1 cm³/mol. The van der Waals surface area contributed by atoms with Crippen LogP contribution in [0.5, 0.6) is 0 Å². The van der Waals surface area contributed by atoms with Gasteiger partial charge in [0.15, 0.2) is 0 Å². The lowest BCUT2D eigenvalue weighted by Crippen LogP contribution is -2.33. The van der Waals surface area contributed by atoms with Crippen LogP contribution in [0.1, 0.15) is 69.0 Å². The zero-order chi connectivity index (χ0) is 14.9. The van der Waals surface area contributed by atoms with Crippen molar-refractivity contribution < 1.29 is 5.11 Å². The van der Waals surface area contributed by atoms with Crippen molar-refractivity contribution in [1.82, 2.24) is 9.88 Å². The molecule has 0 aromatic carbocycles. The van der Waals surface area contributed by atoms with Crippen LogP contribution in [0.25, 0.3) is 0 Å². The van der Waals surface area contributed by atoms with E-state index in [2.05, 4.69) is 25.7 Å². The SMILES string of the molecule is CC1CCCN(Cc2nc(C(C)C)c(C(C)(C)O)s2)C1. The molecular formula is C16H28N2OS. The molecule has 2 heterocycles. The monoisotopic (exact) mass is 296 g/mol.